The fourth-order valence-electron chi connectivity index (χ4n) is 3.29. The van der Waals surface area contributed by atoms with Gasteiger partial charge < -0.3 is 19.5 Å². The average molecular weight is 449 g/mol. The smallest absolute Gasteiger partial charge is 0.232 e. The molecule has 9 heteroatoms. The van der Waals surface area contributed by atoms with E-state index >= 15 is 0 Å². The van der Waals surface area contributed by atoms with E-state index in [1.807, 2.05) is 31.2 Å². The molecule has 3 rings (SSSR count). The number of benzene rings is 2. The van der Waals surface area contributed by atoms with E-state index in [1.165, 1.54) is 4.31 Å². The number of rotatable bonds is 10. The summed E-state index contributed by atoms with van der Waals surface area (Å²) < 4.78 is 42.5. The molecule has 2 aromatic rings. The lowest BCUT2D eigenvalue weighted by Crippen LogP contribution is -2.32. The summed E-state index contributed by atoms with van der Waals surface area (Å²) in [5.41, 5.74) is 1.38. The Kier molecular flexibility index (Phi) is 7.62. The summed E-state index contributed by atoms with van der Waals surface area (Å²) in [4.78, 5) is 12.3. The minimum atomic E-state index is -3.52. The van der Waals surface area contributed by atoms with Gasteiger partial charge in [0.1, 0.15) is 19.0 Å². The number of para-hydroxylation sites is 1. The zero-order valence-electron chi connectivity index (χ0n) is 17.8. The van der Waals surface area contributed by atoms with Crippen molar-refractivity contribution >= 4 is 21.6 Å². The number of anilines is 1. The Morgan fingerprint density at radius 1 is 1.13 bits per heavy atom. The molecule has 0 saturated carbocycles. The predicted octanol–water partition coefficient (Wildman–Crippen LogP) is 2.72. The van der Waals surface area contributed by atoms with Crippen LogP contribution >= 0.6 is 0 Å². The third-order valence-corrected chi connectivity index (χ3v) is 5.92. The van der Waals surface area contributed by atoms with Gasteiger partial charge in [0.2, 0.25) is 15.9 Å². The summed E-state index contributed by atoms with van der Waals surface area (Å²) in [7, 11) is -3.52. The second kappa shape index (κ2) is 10.4. The Balaban J connectivity index is 1.56. The quantitative estimate of drug-likeness (QED) is 0.601. The summed E-state index contributed by atoms with van der Waals surface area (Å²) in [6.45, 7) is 3.87. The number of hydrogen-bond acceptors (Lipinski definition) is 6. The molecular formula is C22H28N2O6S. The number of fused-ring (bicyclic) bond motifs is 1. The molecule has 168 valence electrons. The van der Waals surface area contributed by atoms with Crippen LogP contribution < -0.4 is 23.8 Å². The first-order valence-corrected chi connectivity index (χ1v) is 12.1. The second-order valence-electron chi connectivity index (χ2n) is 7.08. The Bertz CT molecular complexity index is 1010. The van der Waals surface area contributed by atoms with Crippen LogP contribution in [0.25, 0.3) is 0 Å². The number of ether oxygens (including phenoxy) is 3. The summed E-state index contributed by atoms with van der Waals surface area (Å²) >= 11 is 0. The van der Waals surface area contributed by atoms with Crippen LogP contribution in [0.2, 0.25) is 0 Å². The molecule has 0 fully saturated rings. The van der Waals surface area contributed by atoms with Crippen molar-refractivity contribution in [1.82, 2.24) is 5.32 Å². The molecule has 1 aliphatic rings. The first-order valence-electron chi connectivity index (χ1n) is 10.2. The average Bonchev–Trinajstić information content (AvgIpc) is 2.75. The van der Waals surface area contributed by atoms with Gasteiger partial charge in [0.15, 0.2) is 11.5 Å². The van der Waals surface area contributed by atoms with Gasteiger partial charge in [0.25, 0.3) is 0 Å². The second-order valence-corrected chi connectivity index (χ2v) is 8.99. The molecule has 0 saturated heterocycles. The van der Waals surface area contributed by atoms with Gasteiger partial charge in [-0.3, -0.25) is 9.10 Å². The maximum atomic E-state index is 12.3. The van der Waals surface area contributed by atoms with Crippen molar-refractivity contribution in [2.75, 3.05) is 36.9 Å². The van der Waals surface area contributed by atoms with Gasteiger partial charge in [0.05, 0.1) is 18.6 Å². The van der Waals surface area contributed by atoms with Gasteiger partial charge in [-0.1, -0.05) is 18.2 Å². The van der Waals surface area contributed by atoms with Crippen molar-refractivity contribution in [2.45, 2.75) is 26.3 Å². The molecule has 1 aliphatic heterocycles. The van der Waals surface area contributed by atoms with Gasteiger partial charge in [-0.2, -0.15) is 0 Å². The van der Waals surface area contributed by atoms with Crippen LogP contribution in [0.5, 0.6) is 17.2 Å². The third kappa shape index (κ3) is 6.27. The lowest BCUT2D eigenvalue weighted by Gasteiger charge is -2.25. The van der Waals surface area contributed by atoms with Crippen molar-refractivity contribution in [1.29, 1.82) is 0 Å². The molecule has 0 atom stereocenters. The van der Waals surface area contributed by atoms with Crippen LogP contribution in [0.15, 0.2) is 42.5 Å². The molecule has 1 heterocycles. The molecule has 2 aromatic carbocycles. The van der Waals surface area contributed by atoms with Gasteiger partial charge in [0, 0.05) is 31.1 Å². The molecule has 8 nitrogen and oxygen atoms in total. The highest BCUT2D eigenvalue weighted by molar-refractivity contribution is 7.92. The molecule has 0 spiro atoms. The topological polar surface area (TPSA) is 94.2 Å². The van der Waals surface area contributed by atoms with Gasteiger partial charge in [-0.15, -0.1) is 0 Å². The highest BCUT2D eigenvalue weighted by Crippen LogP contribution is 2.34. The van der Waals surface area contributed by atoms with E-state index in [0.717, 1.165) is 17.6 Å². The fraction of sp³-hybridized carbons (Fsp3) is 0.409. The summed E-state index contributed by atoms with van der Waals surface area (Å²) in [5, 5.41) is 2.87. The van der Waals surface area contributed by atoms with Gasteiger partial charge in [-0.25, -0.2) is 8.42 Å². The molecule has 0 radical (unpaired) electrons. The van der Waals surface area contributed by atoms with E-state index in [1.54, 1.807) is 18.2 Å². The van der Waals surface area contributed by atoms with Gasteiger partial charge >= 0.3 is 0 Å². The Morgan fingerprint density at radius 3 is 2.61 bits per heavy atom. The van der Waals surface area contributed by atoms with Crippen molar-refractivity contribution in [2.24, 2.45) is 0 Å². The largest absolute Gasteiger partial charge is 0.494 e. The van der Waals surface area contributed by atoms with Crippen LogP contribution in [-0.4, -0.2) is 46.9 Å². The van der Waals surface area contributed by atoms with E-state index in [9.17, 15) is 13.2 Å². The van der Waals surface area contributed by atoms with Crippen LogP contribution in [-0.2, 0) is 21.4 Å². The molecule has 0 aromatic heterocycles. The molecule has 31 heavy (non-hydrogen) atoms. The Hall–Kier alpha value is -2.94. The predicted molar refractivity (Wildman–Crippen MR) is 118 cm³/mol. The maximum absolute atomic E-state index is 12.3. The molecule has 1 N–H and O–H groups in total. The SMILES string of the molecule is CCOc1ccccc1CNC(=O)CCCN(c1ccc2c(c1)OCCO2)S(C)(=O)=O. The van der Waals surface area contributed by atoms with E-state index in [2.05, 4.69) is 5.32 Å². The molecule has 0 aliphatic carbocycles. The lowest BCUT2D eigenvalue weighted by atomic mass is 10.2. The number of sulfonamides is 1. The van der Waals surface area contributed by atoms with E-state index in [-0.39, 0.29) is 18.9 Å². The minimum absolute atomic E-state index is 0.151. The first-order chi connectivity index (χ1) is 14.9. The van der Waals surface area contributed by atoms with Crippen LogP contribution in [0.1, 0.15) is 25.3 Å². The molecular weight excluding hydrogens is 420 g/mol. The number of amides is 1. The number of nitrogens with one attached hydrogen (secondary N) is 1. The van der Waals surface area contributed by atoms with Crippen LogP contribution in [0.3, 0.4) is 0 Å². The lowest BCUT2D eigenvalue weighted by molar-refractivity contribution is -0.121. The first kappa shape index (κ1) is 22.7. The van der Waals surface area contributed by atoms with Crippen LogP contribution in [0, 0.1) is 0 Å². The Morgan fingerprint density at radius 2 is 1.87 bits per heavy atom. The third-order valence-electron chi connectivity index (χ3n) is 4.73. The zero-order valence-corrected chi connectivity index (χ0v) is 18.6. The van der Waals surface area contributed by atoms with Crippen molar-refractivity contribution < 1.29 is 27.4 Å². The number of carbonyl (C=O) groups excluding carboxylic acids is 1. The summed E-state index contributed by atoms with van der Waals surface area (Å²) in [6, 6.07) is 12.6. The van der Waals surface area contributed by atoms with Gasteiger partial charge in [-0.05, 0) is 31.5 Å². The monoisotopic (exact) mass is 448 g/mol. The number of hydrogen-bond donors (Lipinski definition) is 1. The Labute approximate surface area is 183 Å². The summed E-state index contributed by atoms with van der Waals surface area (Å²) in [5.74, 6) is 1.70. The standard InChI is InChI=1S/C22H28N2O6S/c1-3-28-19-8-5-4-7-17(19)16-23-22(25)9-6-12-24(31(2,26)27)18-10-11-20-21(15-18)30-14-13-29-20/h4-5,7-8,10-11,15H,3,6,9,12-14,16H2,1-2H3,(H,23,25). The normalized spacial score (nSPS) is 12.8. The number of carbonyl (C=O) groups is 1. The van der Waals surface area contributed by atoms with E-state index in [0.29, 0.717) is 50.0 Å². The number of nitrogens with zero attached hydrogens (tertiary/aromatic N) is 1. The highest BCUT2D eigenvalue weighted by atomic mass is 32.2. The minimum Gasteiger partial charge on any atom is -0.494 e. The zero-order chi connectivity index (χ0) is 22.3. The summed E-state index contributed by atoms with van der Waals surface area (Å²) in [6.07, 6.45) is 1.72. The van der Waals surface area contributed by atoms with Crippen molar-refractivity contribution in [3.05, 3.63) is 48.0 Å². The molecule has 1 amide bonds. The van der Waals surface area contributed by atoms with Crippen molar-refractivity contribution in [3.8, 4) is 17.2 Å². The van der Waals surface area contributed by atoms with Crippen molar-refractivity contribution in [3.63, 3.8) is 0 Å². The maximum Gasteiger partial charge on any atom is 0.232 e. The highest BCUT2D eigenvalue weighted by Gasteiger charge is 2.21. The van der Waals surface area contributed by atoms with E-state index < -0.39 is 10.0 Å². The van der Waals surface area contributed by atoms with Crippen LogP contribution in [0.4, 0.5) is 5.69 Å². The molecule has 0 bridgehead atoms. The van der Waals surface area contributed by atoms with E-state index in [4.69, 9.17) is 14.2 Å². The fourth-order valence-corrected chi connectivity index (χ4v) is 4.24. The molecule has 0 unspecified atom stereocenters.